The van der Waals surface area contributed by atoms with E-state index in [1.807, 2.05) is 0 Å². The Morgan fingerprint density at radius 1 is 1.26 bits per heavy atom. The van der Waals surface area contributed by atoms with Gasteiger partial charge in [-0.2, -0.15) is 0 Å². The number of ether oxygens (including phenoxy) is 1. The summed E-state index contributed by atoms with van der Waals surface area (Å²) in [5.74, 6) is -1.04. The van der Waals surface area contributed by atoms with Gasteiger partial charge in [0.25, 0.3) is 0 Å². The molecule has 0 spiro atoms. The van der Waals surface area contributed by atoms with Gasteiger partial charge >= 0.3 is 0 Å². The Hall–Kier alpha value is -1.00. The fourth-order valence-corrected chi connectivity index (χ4v) is 2.90. The van der Waals surface area contributed by atoms with Crippen LogP contribution in [0.5, 0.6) is 0 Å². The minimum Gasteiger partial charge on any atom is -0.376 e. The molecule has 4 heteroatoms. The van der Waals surface area contributed by atoms with E-state index in [1.54, 1.807) is 13.2 Å². The molecule has 106 valence electrons. The smallest absolute Gasteiger partial charge is 0.159 e. The molecule has 0 amide bonds. The van der Waals surface area contributed by atoms with Crippen LogP contribution in [0.1, 0.15) is 44.2 Å². The Morgan fingerprint density at radius 3 is 2.42 bits per heavy atom. The van der Waals surface area contributed by atoms with E-state index in [9.17, 15) is 8.78 Å². The number of methoxy groups -OCH3 is 1. The molecule has 0 radical (unpaired) electrons. The zero-order valence-corrected chi connectivity index (χ0v) is 11.5. The van der Waals surface area contributed by atoms with Gasteiger partial charge in [0.1, 0.15) is 0 Å². The standard InChI is InChI=1S/C15H21F2NO/c1-10-5-7-15(19-2,8-6-10)14(18)11-3-4-12(16)13(17)9-11/h3-4,9-10,14H,5-8,18H2,1-2H3. The Bertz CT molecular complexity index is 442. The minimum atomic E-state index is -0.858. The van der Waals surface area contributed by atoms with E-state index in [2.05, 4.69) is 6.92 Å². The summed E-state index contributed by atoms with van der Waals surface area (Å²) in [6.45, 7) is 2.21. The maximum Gasteiger partial charge on any atom is 0.159 e. The molecule has 1 aromatic carbocycles. The van der Waals surface area contributed by atoms with Crippen LogP contribution >= 0.6 is 0 Å². The summed E-state index contributed by atoms with van der Waals surface area (Å²) in [5.41, 5.74) is 6.40. The molecule has 1 fully saturated rings. The van der Waals surface area contributed by atoms with Gasteiger partial charge in [0.15, 0.2) is 11.6 Å². The van der Waals surface area contributed by atoms with Gasteiger partial charge in [-0.3, -0.25) is 0 Å². The molecular weight excluding hydrogens is 248 g/mol. The van der Waals surface area contributed by atoms with Crippen molar-refractivity contribution in [3.63, 3.8) is 0 Å². The van der Waals surface area contributed by atoms with E-state index < -0.39 is 23.3 Å². The second-order valence-electron chi connectivity index (χ2n) is 5.60. The molecule has 2 nitrogen and oxygen atoms in total. The van der Waals surface area contributed by atoms with Gasteiger partial charge in [-0.05, 0) is 49.3 Å². The lowest BCUT2D eigenvalue weighted by Gasteiger charge is -2.42. The Labute approximate surface area is 112 Å². The lowest BCUT2D eigenvalue weighted by molar-refractivity contribution is -0.0672. The first kappa shape index (κ1) is 14.4. The fourth-order valence-electron chi connectivity index (χ4n) is 2.90. The molecule has 1 saturated carbocycles. The molecule has 1 aromatic rings. The van der Waals surface area contributed by atoms with Gasteiger partial charge < -0.3 is 10.5 Å². The van der Waals surface area contributed by atoms with E-state index in [0.29, 0.717) is 11.5 Å². The third-order valence-electron chi connectivity index (χ3n) is 4.40. The summed E-state index contributed by atoms with van der Waals surface area (Å²) >= 11 is 0. The highest BCUT2D eigenvalue weighted by molar-refractivity contribution is 5.24. The van der Waals surface area contributed by atoms with E-state index in [0.717, 1.165) is 31.7 Å². The van der Waals surface area contributed by atoms with Crippen molar-refractivity contribution < 1.29 is 13.5 Å². The van der Waals surface area contributed by atoms with Crippen molar-refractivity contribution in [2.75, 3.05) is 7.11 Å². The number of nitrogens with two attached hydrogens (primary N) is 1. The molecule has 19 heavy (non-hydrogen) atoms. The topological polar surface area (TPSA) is 35.2 Å². The second kappa shape index (κ2) is 5.55. The average molecular weight is 269 g/mol. The molecule has 2 rings (SSSR count). The second-order valence-corrected chi connectivity index (χ2v) is 5.60. The van der Waals surface area contributed by atoms with E-state index >= 15 is 0 Å². The number of benzene rings is 1. The summed E-state index contributed by atoms with van der Waals surface area (Å²) in [7, 11) is 1.65. The number of halogens is 2. The Kier molecular flexibility index (Phi) is 4.21. The molecule has 0 heterocycles. The van der Waals surface area contributed by atoms with Crippen LogP contribution in [-0.2, 0) is 4.74 Å². The fraction of sp³-hybridized carbons (Fsp3) is 0.600. The van der Waals surface area contributed by atoms with Gasteiger partial charge in [-0.15, -0.1) is 0 Å². The highest BCUT2D eigenvalue weighted by Crippen LogP contribution is 2.41. The predicted octanol–water partition coefficient (Wildman–Crippen LogP) is 3.56. The van der Waals surface area contributed by atoms with Crippen LogP contribution < -0.4 is 5.73 Å². The largest absolute Gasteiger partial charge is 0.376 e. The molecule has 0 saturated heterocycles. The van der Waals surface area contributed by atoms with Crippen molar-refractivity contribution in [3.05, 3.63) is 35.4 Å². The Morgan fingerprint density at radius 2 is 1.89 bits per heavy atom. The van der Waals surface area contributed by atoms with Gasteiger partial charge in [0.2, 0.25) is 0 Å². The van der Waals surface area contributed by atoms with Gasteiger partial charge in [-0.25, -0.2) is 8.78 Å². The zero-order valence-electron chi connectivity index (χ0n) is 11.5. The lowest BCUT2D eigenvalue weighted by Crippen LogP contribution is -2.45. The minimum absolute atomic E-state index is 0.430. The van der Waals surface area contributed by atoms with Crippen molar-refractivity contribution in [2.45, 2.75) is 44.2 Å². The molecule has 1 atom stereocenters. The first-order valence-electron chi connectivity index (χ1n) is 6.74. The van der Waals surface area contributed by atoms with E-state index in [1.165, 1.54) is 6.07 Å². The molecule has 1 aliphatic carbocycles. The normalized spacial score (nSPS) is 29.2. The molecule has 0 aromatic heterocycles. The van der Waals surface area contributed by atoms with Gasteiger partial charge in [0.05, 0.1) is 11.6 Å². The van der Waals surface area contributed by atoms with Crippen molar-refractivity contribution >= 4 is 0 Å². The van der Waals surface area contributed by atoms with Crippen LogP contribution in [0.25, 0.3) is 0 Å². The van der Waals surface area contributed by atoms with Crippen LogP contribution in [0.3, 0.4) is 0 Å². The maximum atomic E-state index is 13.3. The summed E-state index contributed by atoms with van der Waals surface area (Å²) in [4.78, 5) is 0. The Balaban J connectivity index is 2.25. The van der Waals surface area contributed by atoms with E-state index in [4.69, 9.17) is 10.5 Å². The van der Waals surface area contributed by atoms with Crippen LogP contribution in [0, 0.1) is 17.6 Å². The summed E-state index contributed by atoms with van der Waals surface area (Å²) in [5, 5.41) is 0. The van der Waals surface area contributed by atoms with Gasteiger partial charge in [0, 0.05) is 7.11 Å². The van der Waals surface area contributed by atoms with Gasteiger partial charge in [-0.1, -0.05) is 13.0 Å². The van der Waals surface area contributed by atoms with Crippen molar-refractivity contribution in [2.24, 2.45) is 11.7 Å². The quantitative estimate of drug-likeness (QED) is 0.910. The molecule has 0 bridgehead atoms. The van der Waals surface area contributed by atoms with Crippen molar-refractivity contribution in [1.29, 1.82) is 0 Å². The van der Waals surface area contributed by atoms with Crippen LogP contribution in [0.15, 0.2) is 18.2 Å². The van der Waals surface area contributed by atoms with Crippen molar-refractivity contribution in [1.82, 2.24) is 0 Å². The molecule has 1 unspecified atom stereocenters. The summed E-state index contributed by atoms with van der Waals surface area (Å²) < 4.78 is 32.0. The van der Waals surface area contributed by atoms with Crippen molar-refractivity contribution in [3.8, 4) is 0 Å². The first-order chi connectivity index (χ1) is 8.98. The van der Waals surface area contributed by atoms with Crippen LogP contribution in [0.2, 0.25) is 0 Å². The first-order valence-corrected chi connectivity index (χ1v) is 6.74. The summed E-state index contributed by atoms with van der Waals surface area (Å²) in [6, 6.07) is 3.42. The SMILES string of the molecule is COC1(C(N)c2ccc(F)c(F)c2)CCC(C)CC1. The van der Waals surface area contributed by atoms with Crippen LogP contribution in [0.4, 0.5) is 8.78 Å². The number of hydrogen-bond acceptors (Lipinski definition) is 2. The zero-order chi connectivity index (χ0) is 14.0. The highest BCUT2D eigenvalue weighted by atomic mass is 19.2. The number of rotatable bonds is 3. The maximum absolute atomic E-state index is 13.3. The molecular formula is C15H21F2NO. The number of hydrogen-bond donors (Lipinski definition) is 1. The average Bonchev–Trinajstić information content (AvgIpc) is 2.42. The third-order valence-corrected chi connectivity index (χ3v) is 4.40. The molecule has 2 N–H and O–H groups in total. The third kappa shape index (κ3) is 2.79. The highest BCUT2D eigenvalue weighted by Gasteiger charge is 2.40. The summed E-state index contributed by atoms with van der Waals surface area (Å²) in [6.07, 6.45) is 3.80. The monoisotopic (exact) mass is 269 g/mol. The van der Waals surface area contributed by atoms with Crippen LogP contribution in [-0.4, -0.2) is 12.7 Å². The van der Waals surface area contributed by atoms with E-state index in [-0.39, 0.29) is 0 Å². The molecule has 1 aliphatic rings. The predicted molar refractivity (Wildman–Crippen MR) is 70.7 cm³/mol. The molecule has 0 aliphatic heterocycles. The lowest BCUT2D eigenvalue weighted by atomic mass is 9.74.